The third kappa shape index (κ3) is 2.32. The molecular weight excluding hydrogens is 236 g/mol. The molecule has 0 aromatic heterocycles. The Balaban J connectivity index is 2.14. The Morgan fingerprint density at radius 1 is 1.39 bits per heavy atom. The molecule has 0 atom stereocenters. The van der Waals surface area contributed by atoms with Gasteiger partial charge in [0, 0.05) is 6.04 Å². The number of amides is 1. The third-order valence-electron chi connectivity index (χ3n) is 3.56. The van der Waals surface area contributed by atoms with Crippen LogP contribution in [0.5, 0.6) is 0 Å². The number of ether oxygens (including phenoxy) is 1. The lowest BCUT2D eigenvalue weighted by atomic mass is 9.94. The SMILES string of the molecule is CCOC1=C([N+](=O)[O-])CN(C2CCCCC2)C1=O. The summed E-state index contributed by atoms with van der Waals surface area (Å²) in [5.41, 5.74) is -0.0903. The van der Waals surface area contributed by atoms with Gasteiger partial charge in [-0.05, 0) is 19.8 Å². The Morgan fingerprint density at radius 2 is 2.06 bits per heavy atom. The van der Waals surface area contributed by atoms with E-state index in [2.05, 4.69) is 0 Å². The first-order valence-electron chi connectivity index (χ1n) is 6.46. The van der Waals surface area contributed by atoms with Crippen molar-refractivity contribution >= 4 is 5.91 Å². The van der Waals surface area contributed by atoms with Crippen LogP contribution < -0.4 is 0 Å². The maximum absolute atomic E-state index is 12.1. The number of nitro groups is 1. The van der Waals surface area contributed by atoms with E-state index in [0.717, 1.165) is 25.7 Å². The van der Waals surface area contributed by atoms with Gasteiger partial charge < -0.3 is 9.64 Å². The molecule has 0 spiro atoms. The predicted octanol–water partition coefficient (Wildman–Crippen LogP) is 1.69. The fraction of sp³-hybridized carbons (Fsp3) is 0.750. The lowest BCUT2D eigenvalue weighted by molar-refractivity contribution is -0.428. The summed E-state index contributed by atoms with van der Waals surface area (Å²) < 4.78 is 5.16. The molecule has 100 valence electrons. The lowest BCUT2D eigenvalue weighted by Crippen LogP contribution is -2.39. The van der Waals surface area contributed by atoms with Gasteiger partial charge in [0.1, 0.15) is 6.54 Å². The van der Waals surface area contributed by atoms with Gasteiger partial charge in [0.15, 0.2) is 0 Å². The van der Waals surface area contributed by atoms with Crippen molar-refractivity contribution in [2.24, 2.45) is 0 Å². The van der Waals surface area contributed by atoms with E-state index < -0.39 is 4.92 Å². The monoisotopic (exact) mass is 254 g/mol. The lowest BCUT2D eigenvalue weighted by Gasteiger charge is -2.30. The summed E-state index contributed by atoms with van der Waals surface area (Å²) in [6, 6.07) is 0.138. The normalized spacial score (nSPS) is 21.6. The number of nitrogens with zero attached hydrogens (tertiary/aromatic N) is 2. The van der Waals surface area contributed by atoms with Crippen molar-refractivity contribution in [3.63, 3.8) is 0 Å². The maximum Gasteiger partial charge on any atom is 0.312 e. The molecule has 0 bridgehead atoms. The van der Waals surface area contributed by atoms with E-state index in [1.807, 2.05) is 0 Å². The minimum Gasteiger partial charge on any atom is -0.483 e. The fourth-order valence-corrected chi connectivity index (χ4v) is 2.68. The zero-order chi connectivity index (χ0) is 13.1. The van der Waals surface area contributed by atoms with E-state index in [0.29, 0.717) is 0 Å². The molecule has 6 heteroatoms. The Bertz CT molecular complexity index is 386. The minimum absolute atomic E-state index is 0.0620. The molecule has 0 saturated heterocycles. The van der Waals surface area contributed by atoms with Crippen LogP contribution in [0.1, 0.15) is 39.0 Å². The van der Waals surface area contributed by atoms with Crippen molar-refractivity contribution in [1.82, 2.24) is 4.90 Å². The molecule has 0 N–H and O–H groups in total. The van der Waals surface area contributed by atoms with Crippen LogP contribution in [0.25, 0.3) is 0 Å². The first-order valence-corrected chi connectivity index (χ1v) is 6.46. The molecule has 2 rings (SSSR count). The molecule has 1 heterocycles. The van der Waals surface area contributed by atoms with Gasteiger partial charge >= 0.3 is 5.70 Å². The van der Waals surface area contributed by atoms with Crippen molar-refractivity contribution in [2.45, 2.75) is 45.1 Å². The van der Waals surface area contributed by atoms with Gasteiger partial charge in [0.05, 0.1) is 11.5 Å². The van der Waals surface area contributed by atoms with Crippen LogP contribution in [0, 0.1) is 10.1 Å². The fourth-order valence-electron chi connectivity index (χ4n) is 2.68. The summed E-state index contributed by atoms with van der Waals surface area (Å²) in [6.07, 6.45) is 5.25. The zero-order valence-corrected chi connectivity index (χ0v) is 10.6. The molecule has 0 aromatic carbocycles. The quantitative estimate of drug-likeness (QED) is 0.565. The van der Waals surface area contributed by atoms with Gasteiger partial charge in [-0.1, -0.05) is 19.3 Å². The maximum atomic E-state index is 12.1. The molecule has 0 radical (unpaired) electrons. The predicted molar refractivity (Wildman–Crippen MR) is 64.2 cm³/mol. The van der Waals surface area contributed by atoms with E-state index >= 15 is 0 Å². The van der Waals surface area contributed by atoms with Gasteiger partial charge in [-0.15, -0.1) is 0 Å². The Morgan fingerprint density at radius 3 is 2.61 bits per heavy atom. The Labute approximate surface area is 106 Å². The summed E-state index contributed by atoms with van der Waals surface area (Å²) in [7, 11) is 0. The van der Waals surface area contributed by atoms with Gasteiger partial charge in [-0.2, -0.15) is 0 Å². The van der Waals surface area contributed by atoms with Crippen molar-refractivity contribution in [3.05, 3.63) is 21.6 Å². The largest absolute Gasteiger partial charge is 0.483 e. The molecule has 1 amide bonds. The molecule has 0 aromatic rings. The topological polar surface area (TPSA) is 72.7 Å². The molecule has 1 fully saturated rings. The zero-order valence-electron chi connectivity index (χ0n) is 10.6. The summed E-state index contributed by atoms with van der Waals surface area (Å²) >= 11 is 0. The summed E-state index contributed by atoms with van der Waals surface area (Å²) in [6.45, 7) is 2.09. The van der Waals surface area contributed by atoms with E-state index in [1.54, 1.807) is 11.8 Å². The second-order valence-corrected chi connectivity index (χ2v) is 4.69. The summed E-state index contributed by atoms with van der Waals surface area (Å²) in [5.74, 6) is -0.372. The van der Waals surface area contributed by atoms with E-state index in [9.17, 15) is 14.9 Å². The van der Waals surface area contributed by atoms with E-state index in [1.165, 1.54) is 6.42 Å². The Kier molecular flexibility index (Phi) is 3.84. The van der Waals surface area contributed by atoms with Crippen LogP contribution in [0.4, 0.5) is 0 Å². The molecule has 1 aliphatic heterocycles. The minimum atomic E-state index is -0.494. The highest BCUT2D eigenvalue weighted by Gasteiger charge is 2.42. The molecule has 1 aliphatic carbocycles. The van der Waals surface area contributed by atoms with Gasteiger partial charge in [0.2, 0.25) is 0 Å². The number of rotatable bonds is 4. The summed E-state index contributed by atoms with van der Waals surface area (Å²) in [4.78, 5) is 24.2. The molecule has 0 unspecified atom stereocenters. The average molecular weight is 254 g/mol. The molecular formula is C12H18N2O4. The van der Waals surface area contributed by atoms with Crippen LogP contribution >= 0.6 is 0 Å². The van der Waals surface area contributed by atoms with Crippen LogP contribution in [-0.2, 0) is 9.53 Å². The van der Waals surface area contributed by atoms with Crippen molar-refractivity contribution < 1.29 is 14.5 Å². The molecule has 1 saturated carbocycles. The second kappa shape index (κ2) is 5.37. The summed E-state index contributed by atoms with van der Waals surface area (Å²) in [5, 5.41) is 10.9. The van der Waals surface area contributed by atoms with Crippen molar-refractivity contribution in [1.29, 1.82) is 0 Å². The van der Waals surface area contributed by atoms with Gasteiger partial charge in [0.25, 0.3) is 11.7 Å². The molecule has 6 nitrogen and oxygen atoms in total. The first kappa shape index (κ1) is 12.9. The highest BCUT2D eigenvalue weighted by atomic mass is 16.6. The number of carbonyl (C=O) groups excluding carboxylic acids is 1. The Hall–Kier alpha value is -1.59. The number of carbonyl (C=O) groups is 1. The van der Waals surface area contributed by atoms with E-state index in [-0.39, 0.29) is 36.6 Å². The first-order chi connectivity index (χ1) is 8.65. The highest BCUT2D eigenvalue weighted by Crippen LogP contribution is 2.29. The molecule has 18 heavy (non-hydrogen) atoms. The molecule has 2 aliphatic rings. The average Bonchev–Trinajstić information content (AvgIpc) is 2.69. The van der Waals surface area contributed by atoms with Crippen LogP contribution in [0.15, 0.2) is 11.5 Å². The van der Waals surface area contributed by atoms with Gasteiger partial charge in [-0.25, -0.2) is 0 Å². The van der Waals surface area contributed by atoms with Crippen LogP contribution in [-0.4, -0.2) is 34.9 Å². The van der Waals surface area contributed by atoms with Crippen molar-refractivity contribution in [3.8, 4) is 0 Å². The smallest absolute Gasteiger partial charge is 0.312 e. The second-order valence-electron chi connectivity index (χ2n) is 4.69. The van der Waals surface area contributed by atoms with Crippen LogP contribution in [0.2, 0.25) is 0 Å². The number of hydrogen-bond acceptors (Lipinski definition) is 4. The van der Waals surface area contributed by atoms with E-state index in [4.69, 9.17) is 4.74 Å². The highest BCUT2D eigenvalue weighted by molar-refractivity contribution is 5.94. The number of hydrogen-bond donors (Lipinski definition) is 0. The van der Waals surface area contributed by atoms with Crippen LogP contribution in [0.3, 0.4) is 0 Å². The van der Waals surface area contributed by atoms with Gasteiger partial charge in [-0.3, -0.25) is 14.9 Å². The standard InChI is InChI=1S/C12H18N2O4/c1-2-18-11-10(14(16)17)8-13(12(11)15)9-6-4-3-5-7-9/h9H,2-8H2,1H3. The third-order valence-corrected chi connectivity index (χ3v) is 3.56. The van der Waals surface area contributed by atoms with Crippen molar-refractivity contribution in [2.75, 3.05) is 13.2 Å².